The Morgan fingerprint density at radius 1 is 1.31 bits per heavy atom. The predicted molar refractivity (Wildman–Crippen MR) is 117 cm³/mol. The van der Waals surface area contributed by atoms with Crippen molar-refractivity contribution in [2.24, 2.45) is 0 Å². The van der Waals surface area contributed by atoms with Crippen LogP contribution in [0.15, 0.2) is 52.9 Å². The predicted octanol–water partition coefficient (Wildman–Crippen LogP) is 3.25. The van der Waals surface area contributed by atoms with Gasteiger partial charge in [-0.05, 0) is 18.2 Å². The third-order valence-electron chi connectivity index (χ3n) is 4.75. The summed E-state index contributed by atoms with van der Waals surface area (Å²) in [5.41, 5.74) is 0.317. The van der Waals surface area contributed by atoms with Gasteiger partial charge in [0.1, 0.15) is 13.2 Å². The van der Waals surface area contributed by atoms with Crippen LogP contribution in [0.5, 0.6) is 11.5 Å². The first-order valence-corrected chi connectivity index (χ1v) is 10.5. The van der Waals surface area contributed by atoms with Crippen LogP contribution in [0, 0.1) is 10.1 Å². The summed E-state index contributed by atoms with van der Waals surface area (Å²) in [6, 6.07) is 6.85. The van der Waals surface area contributed by atoms with Crippen molar-refractivity contribution in [3.63, 3.8) is 0 Å². The van der Waals surface area contributed by atoms with E-state index in [1.165, 1.54) is 46.7 Å². The molecule has 1 aliphatic rings. The number of nitro groups is 1. The molecule has 0 atom stereocenters. The fraction of sp³-hybridized carbons (Fsp3) is 0.190. The van der Waals surface area contributed by atoms with E-state index in [4.69, 9.17) is 9.47 Å². The molecular weight excluding hydrogens is 438 g/mol. The minimum atomic E-state index is -1.13. The molecule has 0 unspecified atom stereocenters. The van der Waals surface area contributed by atoms with E-state index in [0.29, 0.717) is 28.8 Å². The monoisotopic (exact) mass is 455 g/mol. The van der Waals surface area contributed by atoms with Crippen LogP contribution in [0.4, 0.5) is 5.69 Å². The first kappa shape index (κ1) is 21.4. The largest absolute Gasteiger partial charge is 0.486 e. The zero-order valence-corrected chi connectivity index (χ0v) is 17.5. The van der Waals surface area contributed by atoms with Gasteiger partial charge >= 0.3 is 5.97 Å². The van der Waals surface area contributed by atoms with Crippen LogP contribution in [0.2, 0.25) is 0 Å². The van der Waals surface area contributed by atoms with Gasteiger partial charge in [-0.25, -0.2) is 9.78 Å². The molecular formula is C21H17N3O7S. The quantitative estimate of drug-likeness (QED) is 0.187. The van der Waals surface area contributed by atoms with Crippen molar-refractivity contribution in [1.29, 1.82) is 0 Å². The molecule has 3 aromatic rings. The van der Waals surface area contributed by atoms with Crippen LogP contribution >= 0.6 is 11.8 Å². The first-order valence-electron chi connectivity index (χ1n) is 9.47. The lowest BCUT2D eigenvalue weighted by Crippen LogP contribution is -2.23. The topological polar surface area (TPSA) is 134 Å². The molecule has 0 aliphatic carbocycles. The summed E-state index contributed by atoms with van der Waals surface area (Å²) in [5, 5.41) is 21.2. The number of fused-ring (bicyclic) bond motifs is 2. The lowest BCUT2D eigenvalue weighted by molar-refractivity contribution is -0.385. The van der Waals surface area contributed by atoms with Crippen molar-refractivity contribution in [3.05, 3.63) is 74.6 Å². The summed E-state index contributed by atoms with van der Waals surface area (Å²) in [7, 11) is 0. The van der Waals surface area contributed by atoms with E-state index < -0.39 is 10.9 Å². The number of carboxylic acid groups (broad SMARTS) is 1. The zero-order chi connectivity index (χ0) is 22.8. The van der Waals surface area contributed by atoms with Gasteiger partial charge < -0.3 is 14.6 Å². The summed E-state index contributed by atoms with van der Waals surface area (Å²) in [4.78, 5) is 39.6. The molecule has 11 heteroatoms. The van der Waals surface area contributed by atoms with Crippen LogP contribution < -0.4 is 15.0 Å². The Morgan fingerprint density at radius 3 is 2.81 bits per heavy atom. The van der Waals surface area contributed by atoms with Crippen molar-refractivity contribution in [2.45, 2.75) is 17.5 Å². The number of rotatable bonds is 7. The van der Waals surface area contributed by atoms with Crippen LogP contribution in [0.3, 0.4) is 0 Å². The van der Waals surface area contributed by atoms with E-state index in [-0.39, 0.29) is 46.6 Å². The van der Waals surface area contributed by atoms with Crippen molar-refractivity contribution in [2.75, 3.05) is 13.2 Å². The number of benzene rings is 2. The Bertz CT molecular complexity index is 1320. The number of ether oxygens (including phenoxy) is 2. The Morgan fingerprint density at radius 2 is 2.09 bits per heavy atom. The number of carbonyl (C=O) groups is 1. The number of hydrogen-bond donors (Lipinski definition) is 1. The Kier molecular flexibility index (Phi) is 5.82. The van der Waals surface area contributed by atoms with Crippen LogP contribution in [-0.2, 0) is 12.3 Å². The van der Waals surface area contributed by atoms with Crippen molar-refractivity contribution < 1.29 is 24.3 Å². The number of carboxylic acids is 1. The zero-order valence-electron chi connectivity index (χ0n) is 16.6. The molecule has 0 spiro atoms. The summed E-state index contributed by atoms with van der Waals surface area (Å²) in [5.74, 6) is -0.206. The molecule has 2 aromatic carbocycles. The molecule has 0 saturated heterocycles. The second kappa shape index (κ2) is 8.71. The highest BCUT2D eigenvalue weighted by Gasteiger charge is 2.23. The molecule has 1 N–H and O–H groups in total. The van der Waals surface area contributed by atoms with Crippen LogP contribution in [-0.4, -0.2) is 38.8 Å². The Hall–Kier alpha value is -3.86. The average molecular weight is 455 g/mol. The maximum atomic E-state index is 13.0. The highest BCUT2D eigenvalue weighted by atomic mass is 32.2. The number of nitrogens with zero attached hydrogens (tertiary/aromatic N) is 3. The number of nitro benzene ring substituents is 1. The number of non-ortho nitro benzene ring substituents is 1. The van der Waals surface area contributed by atoms with E-state index in [1.807, 2.05) is 0 Å². The highest BCUT2D eigenvalue weighted by molar-refractivity contribution is 7.98. The van der Waals surface area contributed by atoms with E-state index in [0.717, 1.165) is 0 Å². The molecule has 0 saturated carbocycles. The molecule has 2 heterocycles. The minimum absolute atomic E-state index is 0.0140. The van der Waals surface area contributed by atoms with Crippen molar-refractivity contribution in [3.8, 4) is 11.5 Å². The van der Waals surface area contributed by atoms with E-state index in [1.54, 1.807) is 6.08 Å². The van der Waals surface area contributed by atoms with Gasteiger partial charge in [0.05, 0.1) is 27.5 Å². The number of thioether (sulfide) groups is 1. The molecule has 0 amide bonds. The first-order chi connectivity index (χ1) is 15.4. The molecule has 32 heavy (non-hydrogen) atoms. The lowest BCUT2D eigenvalue weighted by Gasteiger charge is -2.21. The molecule has 0 bridgehead atoms. The molecule has 0 radical (unpaired) electrons. The minimum Gasteiger partial charge on any atom is -0.486 e. The lowest BCUT2D eigenvalue weighted by atomic mass is 10.1. The molecule has 1 aliphatic heterocycles. The maximum Gasteiger partial charge on any atom is 0.335 e. The third kappa shape index (κ3) is 4.02. The SMILES string of the molecule is C=CCn1c(SCc2cc([N+](=O)[O-])cc3c2OCCO3)nc2cc(C(=O)O)ccc2c1=O. The normalized spacial score (nSPS) is 12.5. The fourth-order valence-corrected chi connectivity index (χ4v) is 4.27. The molecule has 1 aromatic heterocycles. The molecule has 10 nitrogen and oxygen atoms in total. The van der Waals surface area contributed by atoms with Crippen LogP contribution in [0.1, 0.15) is 15.9 Å². The summed E-state index contributed by atoms with van der Waals surface area (Å²) in [6.45, 7) is 4.47. The number of aromatic carboxylic acids is 1. The second-order valence-electron chi connectivity index (χ2n) is 6.81. The van der Waals surface area contributed by atoms with E-state index in [2.05, 4.69) is 11.6 Å². The van der Waals surface area contributed by atoms with E-state index in [9.17, 15) is 24.8 Å². The number of aromatic nitrogens is 2. The Balaban J connectivity index is 1.77. The average Bonchev–Trinajstić information content (AvgIpc) is 2.79. The maximum absolute atomic E-state index is 13.0. The Labute approximate surface area is 185 Å². The van der Waals surface area contributed by atoms with Crippen molar-refractivity contribution in [1.82, 2.24) is 9.55 Å². The fourth-order valence-electron chi connectivity index (χ4n) is 3.30. The summed E-state index contributed by atoms with van der Waals surface area (Å²) in [6.07, 6.45) is 1.55. The molecule has 164 valence electrons. The van der Waals surface area contributed by atoms with Gasteiger partial charge in [-0.1, -0.05) is 17.8 Å². The van der Waals surface area contributed by atoms with Crippen molar-refractivity contribution >= 4 is 34.3 Å². The standard InChI is InChI=1S/C21H17N3O7S/c1-2-5-23-19(25)15-4-3-12(20(26)27)9-16(15)22-21(23)32-11-13-8-14(24(28)29)10-17-18(13)31-7-6-30-17/h2-4,8-10H,1,5-7,11H2,(H,26,27). The van der Waals surface area contributed by atoms with Gasteiger partial charge in [-0.2, -0.15) is 0 Å². The number of hydrogen-bond acceptors (Lipinski definition) is 8. The number of allylic oxidation sites excluding steroid dienone is 1. The van der Waals surface area contributed by atoms with Gasteiger partial charge in [0.15, 0.2) is 16.7 Å². The van der Waals surface area contributed by atoms with Gasteiger partial charge in [0, 0.05) is 23.9 Å². The van der Waals surface area contributed by atoms with E-state index >= 15 is 0 Å². The van der Waals surface area contributed by atoms with Gasteiger partial charge in [0.25, 0.3) is 11.2 Å². The smallest absolute Gasteiger partial charge is 0.335 e. The third-order valence-corrected chi connectivity index (χ3v) is 5.78. The van der Waals surface area contributed by atoms with Gasteiger partial charge in [0.2, 0.25) is 0 Å². The van der Waals surface area contributed by atoms with Crippen LogP contribution in [0.25, 0.3) is 10.9 Å². The molecule has 0 fully saturated rings. The highest BCUT2D eigenvalue weighted by Crippen LogP contribution is 2.40. The summed E-state index contributed by atoms with van der Waals surface area (Å²) < 4.78 is 12.6. The van der Waals surface area contributed by atoms with Gasteiger partial charge in [-0.15, -0.1) is 6.58 Å². The second-order valence-corrected chi connectivity index (χ2v) is 7.75. The van der Waals surface area contributed by atoms with Gasteiger partial charge in [-0.3, -0.25) is 19.5 Å². The summed E-state index contributed by atoms with van der Waals surface area (Å²) >= 11 is 1.18. The molecule has 4 rings (SSSR count).